The first-order valence-corrected chi connectivity index (χ1v) is 6.50. The first kappa shape index (κ1) is 11.4. The molecule has 0 unspecified atom stereocenters. The molecule has 1 heterocycles. The molecule has 0 radical (unpaired) electrons. The summed E-state index contributed by atoms with van der Waals surface area (Å²) in [4.78, 5) is 7.59. The van der Waals surface area contributed by atoms with Crippen molar-refractivity contribution in [3.8, 4) is 0 Å². The van der Waals surface area contributed by atoms with Gasteiger partial charge in [0.1, 0.15) is 0 Å². The Kier molecular flexibility index (Phi) is 4.42. The summed E-state index contributed by atoms with van der Waals surface area (Å²) in [5.74, 6) is 5.23. The summed E-state index contributed by atoms with van der Waals surface area (Å²) < 4.78 is 0. The fourth-order valence-corrected chi connectivity index (χ4v) is 3.00. The molecule has 1 aliphatic carbocycles. The Balaban J connectivity index is 1.78. The summed E-state index contributed by atoms with van der Waals surface area (Å²) in [5.41, 5.74) is 0. The van der Waals surface area contributed by atoms with E-state index in [-0.39, 0.29) is 0 Å². The van der Waals surface area contributed by atoms with Crippen LogP contribution < -0.4 is 5.90 Å². The summed E-state index contributed by atoms with van der Waals surface area (Å²) in [6.07, 6.45) is 11.1. The molecule has 3 nitrogen and oxygen atoms in total. The third-order valence-corrected chi connectivity index (χ3v) is 4.01. The molecule has 2 N–H and O–H groups in total. The SMILES string of the molecule is NOC1CCN(C2CCCCCC2)CC1. The molecule has 0 spiro atoms. The van der Waals surface area contributed by atoms with Crippen molar-refractivity contribution in [3.63, 3.8) is 0 Å². The highest BCUT2D eigenvalue weighted by molar-refractivity contribution is 4.80. The quantitative estimate of drug-likeness (QED) is 0.562. The van der Waals surface area contributed by atoms with Gasteiger partial charge in [-0.25, -0.2) is 5.90 Å². The molecule has 15 heavy (non-hydrogen) atoms. The number of nitrogens with zero attached hydrogens (tertiary/aromatic N) is 1. The van der Waals surface area contributed by atoms with E-state index < -0.39 is 0 Å². The molecule has 0 aromatic rings. The molecule has 0 atom stereocenters. The van der Waals surface area contributed by atoms with Crippen LogP contribution in [0.25, 0.3) is 0 Å². The van der Waals surface area contributed by atoms with Crippen molar-refractivity contribution in [1.29, 1.82) is 0 Å². The van der Waals surface area contributed by atoms with Crippen molar-refractivity contribution in [2.75, 3.05) is 13.1 Å². The summed E-state index contributed by atoms with van der Waals surface area (Å²) in [6, 6.07) is 0.853. The largest absolute Gasteiger partial charge is 0.301 e. The summed E-state index contributed by atoms with van der Waals surface area (Å²) >= 11 is 0. The lowest BCUT2D eigenvalue weighted by Gasteiger charge is -2.36. The monoisotopic (exact) mass is 212 g/mol. The number of nitrogens with two attached hydrogens (primary N) is 1. The second-order valence-electron chi connectivity index (χ2n) is 5.02. The molecule has 2 fully saturated rings. The molecule has 1 saturated heterocycles. The van der Waals surface area contributed by atoms with E-state index in [4.69, 9.17) is 10.7 Å². The van der Waals surface area contributed by atoms with E-state index in [1.807, 2.05) is 0 Å². The minimum Gasteiger partial charge on any atom is -0.301 e. The Morgan fingerprint density at radius 1 is 0.867 bits per heavy atom. The van der Waals surface area contributed by atoms with Gasteiger partial charge in [0.25, 0.3) is 0 Å². The Morgan fingerprint density at radius 3 is 2.00 bits per heavy atom. The van der Waals surface area contributed by atoms with Crippen LogP contribution in [0.1, 0.15) is 51.4 Å². The molecular formula is C12H24N2O. The predicted molar refractivity (Wildman–Crippen MR) is 61.4 cm³/mol. The van der Waals surface area contributed by atoms with Crippen LogP contribution in [-0.2, 0) is 4.84 Å². The molecule has 0 aromatic heterocycles. The molecular weight excluding hydrogens is 188 g/mol. The molecule has 0 aromatic carbocycles. The van der Waals surface area contributed by atoms with Crippen LogP contribution >= 0.6 is 0 Å². The van der Waals surface area contributed by atoms with Crippen molar-refractivity contribution >= 4 is 0 Å². The van der Waals surface area contributed by atoms with Gasteiger partial charge >= 0.3 is 0 Å². The Labute approximate surface area is 92.9 Å². The maximum absolute atomic E-state index is 5.23. The highest BCUT2D eigenvalue weighted by atomic mass is 16.6. The normalized spacial score (nSPS) is 27.8. The standard InChI is InChI=1S/C12H24N2O/c13-15-12-7-9-14(10-8-12)11-5-3-1-2-4-6-11/h11-12H,1-10,13H2. The first-order chi connectivity index (χ1) is 7.40. The average Bonchev–Trinajstić information content (AvgIpc) is 2.58. The first-order valence-electron chi connectivity index (χ1n) is 6.50. The fourth-order valence-electron chi connectivity index (χ4n) is 3.00. The van der Waals surface area contributed by atoms with Gasteiger partial charge in [0.15, 0.2) is 0 Å². The topological polar surface area (TPSA) is 38.5 Å². The van der Waals surface area contributed by atoms with E-state index in [9.17, 15) is 0 Å². The van der Waals surface area contributed by atoms with Gasteiger partial charge < -0.3 is 9.74 Å². The summed E-state index contributed by atoms with van der Waals surface area (Å²) in [7, 11) is 0. The van der Waals surface area contributed by atoms with E-state index in [1.54, 1.807) is 0 Å². The van der Waals surface area contributed by atoms with Crippen LogP contribution in [0.5, 0.6) is 0 Å². The summed E-state index contributed by atoms with van der Waals surface area (Å²) in [6.45, 7) is 2.37. The van der Waals surface area contributed by atoms with Gasteiger partial charge in [-0.05, 0) is 25.7 Å². The van der Waals surface area contributed by atoms with Gasteiger partial charge in [0.05, 0.1) is 6.10 Å². The number of likely N-dealkylation sites (tertiary alicyclic amines) is 1. The zero-order valence-electron chi connectivity index (χ0n) is 9.66. The van der Waals surface area contributed by atoms with Crippen molar-refractivity contribution < 1.29 is 4.84 Å². The molecule has 2 rings (SSSR count). The minimum atomic E-state index is 0.312. The van der Waals surface area contributed by atoms with Crippen LogP contribution in [0.3, 0.4) is 0 Å². The maximum Gasteiger partial charge on any atom is 0.0811 e. The van der Waals surface area contributed by atoms with E-state index in [0.717, 1.165) is 18.9 Å². The van der Waals surface area contributed by atoms with Crippen molar-refractivity contribution in [2.24, 2.45) is 5.90 Å². The Bertz CT molecular complexity index is 170. The van der Waals surface area contributed by atoms with E-state index in [2.05, 4.69) is 4.90 Å². The van der Waals surface area contributed by atoms with Crippen molar-refractivity contribution in [2.45, 2.75) is 63.5 Å². The molecule has 1 aliphatic heterocycles. The second-order valence-corrected chi connectivity index (χ2v) is 5.02. The third kappa shape index (κ3) is 3.16. The molecule has 88 valence electrons. The van der Waals surface area contributed by atoms with Gasteiger partial charge in [-0.3, -0.25) is 0 Å². The van der Waals surface area contributed by atoms with E-state index in [1.165, 1.54) is 51.6 Å². The smallest absolute Gasteiger partial charge is 0.0811 e. The predicted octanol–water partition coefficient (Wildman–Crippen LogP) is 2.06. The van der Waals surface area contributed by atoms with Gasteiger partial charge in [0.2, 0.25) is 0 Å². The minimum absolute atomic E-state index is 0.312. The highest BCUT2D eigenvalue weighted by Crippen LogP contribution is 2.24. The maximum atomic E-state index is 5.23. The number of hydrogen-bond donors (Lipinski definition) is 1. The van der Waals surface area contributed by atoms with Crippen molar-refractivity contribution in [1.82, 2.24) is 4.90 Å². The lowest BCUT2D eigenvalue weighted by Crippen LogP contribution is -2.43. The Hall–Kier alpha value is -0.120. The number of rotatable bonds is 2. The molecule has 1 saturated carbocycles. The van der Waals surface area contributed by atoms with Gasteiger partial charge in [0, 0.05) is 19.1 Å². The van der Waals surface area contributed by atoms with Gasteiger partial charge in [-0.1, -0.05) is 25.7 Å². The van der Waals surface area contributed by atoms with Gasteiger partial charge in [-0.2, -0.15) is 0 Å². The van der Waals surface area contributed by atoms with Crippen LogP contribution in [0.15, 0.2) is 0 Å². The van der Waals surface area contributed by atoms with Crippen LogP contribution in [-0.4, -0.2) is 30.1 Å². The second kappa shape index (κ2) is 5.83. The van der Waals surface area contributed by atoms with Crippen LogP contribution in [0.2, 0.25) is 0 Å². The lowest BCUT2D eigenvalue weighted by atomic mass is 10.0. The molecule has 2 aliphatic rings. The van der Waals surface area contributed by atoms with E-state index >= 15 is 0 Å². The summed E-state index contributed by atoms with van der Waals surface area (Å²) in [5, 5.41) is 0. The lowest BCUT2D eigenvalue weighted by molar-refractivity contribution is -0.00455. The Morgan fingerprint density at radius 2 is 1.47 bits per heavy atom. The highest BCUT2D eigenvalue weighted by Gasteiger charge is 2.25. The average molecular weight is 212 g/mol. The number of hydrogen-bond acceptors (Lipinski definition) is 3. The van der Waals surface area contributed by atoms with E-state index in [0.29, 0.717) is 6.10 Å². The van der Waals surface area contributed by atoms with Gasteiger partial charge in [-0.15, -0.1) is 0 Å². The zero-order chi connectivity index (χ0) is 10.5. The van der Waals surface area contributed by atoms with Crippen LogP contribution in [0, 0.1) is 0 Å². The molecule has 3 heteroatoms. The fraction of sp³-hybridized carbons (Fsp3) is 1.00. The molecule has 0 bridgehead atoms. The third-order valence-electron chi connectivity index (χ3n) is 4.01. The molecule has 0 amide bonds. The van der Waals surface area contributed by atoms with Crippen LogP contribution in [0.4, 0.5) is 0 Å². The zero-order valence-corrected chi connectivity index (χ0v) is 9.66. The van der Waals surface area contributed by atoms with Crippen molar-refractivity contribution in [3.05, 3.63) is 0 Å². The number of piperidine rings is 1.